The van der Waals surface area contributed by atoms with Gasteiger partial charge in [-0.15, -0.1) is 11.3 Å². The van der Waals surface area contributed by atoms with Gasteiger partial charge in [-0.2, -0.15) is 0 Å². The van der Waals surface area contributed by atoms with Gasteiger partial charge in [0.15, 0.2) is 5.96 Å². The van der Waals surface area contributed by atoms with E-state index in [2.05, 4.69) is 60.1 Å². The zero-order valence-electron chi connectivity index (χ0n) is 15.4. The van der Waals surface area contributed by atoms with Crippen LogP contribution in [0.1, 0.15) is 44.5 Å². The number of nitrogens with one attached hydrogen (secondary N) is 2. The van der Waals surface area contributed by atoms with Gasteiger partial charge >= 0.3 is 0 Å². The first-order valence-electron chi connectivity index (χ1n) is 8.80. The third-order valence-corrected chi connectivity index (χ3v) is 4.92. The molecule has 0 aliphatic heterocycles. The number of aryl methyl sites for hydroxylation is 1. The number of hydrogen-bond acceptors (Lipinski definition) is 4. The van der Waals surface area contributed by atoms with Gasteiger partial charge in [0.2, 0.25) is 0 Å². The van der Waals surface area contributed by atoms with Crippen LogP contribution in [-0.4, -0.2) is 54.6 Å². The summed E-state index contributed by atoms with van der Waals surface area (Å²) in [7, 11) is 0. The third kappa shape index (κ3) is 7.79. The van der Waals surface area contributed by atoms with Gasteiger partial charge in [-0.25, -0.2) is 4.98 Å². The van der Waals surface area contributed by atoms with Crippen molar-refractivity contribution >= 4 is 17.3 Å². The Hall–Kier alpha value is -1.14. The number of aromatic nitrogens is 1. The molecule has 0 aromatic carbocycles. The molecule has 0 aliphatic carbocycles. The lowest BCUT2D eigenvalue weighted by molar-refractivity contribution is 0.240. The summed E-state index contributed by atoms with van der Waals surface area (Å²) in [6, 6.07) is 0.573. The molecule has 0 spiro atoms. The predicted molar refractivity (Wildman–Crippen MR) is 102 cm³/mol. The number of thiazole rings is 1. The highest BCUT2D eigenvalue weighted by Crippen LogP contribution is 2.13. The molecule has 0 radical (unpaired) electrons. The van der Waals surface area contributed by atoms with Gasteiger partial charge in [0, 0.05) is 43.2 Å². The van der Waals surface area contributed by atoms with Crippen LogP contribution in [0.3, 0.4) is 0 Å². The standard InChI is InChI=1S/C17H33N5S/c1-6-15-13-21-16(23-15)9-10-19-17(18-7-2)20-11-12-22(8-3)14(4)5/h13-14H,6-12H2,1-5H3,(H2,18,19,20). The van der Waals surface area contributed by atoms with E-state index in [1.807, 2.05) is 17.5 Å². The number of hydrogen-bond donors (Lipinski definition) is 2. The highest BCUT2D eigenvalue weighted by molar-refractivity contribution is 7.11. The van der Waals surface area contributed by atoms with E-state index in [1.165, 1.54) is 9.88 Å². The van der Waals surface area contributed by atoms with Crippen molar-refractivity contribution in [3.63, 3.8) is 0 Å². The van der Waals surface area contributed by atoms with Crippen LogP contribution in [0.4, 0.5) is 0 Å². The number of nitrogens with zero attached hydrogens (tertiary/aromatic N) is 3. The van der Waals surface area contributed by atoms with E-state index < -0.39 is 0 Å². The van der Waals surface area contributed by atoms with Crippen molar-refractivity contribution < 1.29 is 0 Å². The third-order valence-electron chi connectivity index (χ3n) is 3.72. The van der Waals surface area contributed by atoms with Gasteiger partial charge < -0.3 is 10.6 Å². The maximum atomic E-state index is 4.67. The quantitative estimate of drug-likeness (QED) is 0.508. The zero-order valence-corrected chi connectivity index (χ0v) is 16.2. The minimum absolute atomic E-state index is 0.573. The van der Waals surface area contributed by atoms with Gasteiger partial charge in [0.1, 0.15) is 0 Å². The summed E-state index contributed by atoms with van der Waals surface area (Å²) in [5.74, 6) is 0.902. The van der Waals surface area contributed by atoms with Gasteiger partial charge in [0.25, 0.3) is 0 Å². The Morgan fingerprint density at radius 1 is 1.30 bits per heavy atom. The lowest BCUT2D eigenvalue weighted by atomic mass is 10.3. The summed E-state index contributed by atoms with van der Waals surface area (Å²) in [6.07, 6.45) is 4.01. The average Bonchev–Trinajstić information content (AvgIpc) is 2.99. The predicted octanol–water partition coefficient (Wildman–Crippen LogP) is 2.53. The number of likely N-dealkylation sites (N-methyl/N-ethyl adjacent to an activating group) is 1. The second-order valence-electron chi connectivity index (χ2n) is 5.73. The second-order valence-corrected chi connectivity index (χ2v) is 6.93. The fourth-order valence-corrected chi connectivity index (χ4v) is 3.19. The molecule has 0 fully saturated rings. The minimum Gasteiger partial charge on any atom is -0.357 e. The molecule has 0 saturated heterocycles. The monoisotopic (exact) mass is 339 g/mol. The Balaban J connectivity index is 2.39. The summed E-state index contributed by atoms with van der Waals surface area (Å²) < 4.78 is 0. The van der Waals surface area contributed by atoms with E-state index in [1.54, 1.807) is 0 Å². The zero-order chi connectivity index (χ0) is 17.1. The molecule has 2 N–H and O–H groups in total. The van der Waals surface area contributed by atoms with Gasteiger partial charge in [-0.1, -0.05) is 13.8 Å². The lowest BCUT2D eigenvalue weighted by Gasteiger charge is -2.23. The molecular formula is C17H33N5S. The highest BCUT2D eigenvalue weighted by atomic mass is 32.1. The van der Waals surface area contributed by atoms with Gasteiger partial charge in [-0.3, -0.25) is 9.89 Å². The first-order valence-corrected chi connectivity index (χ1v) is 9.62. The van der Waals surface area contributed by atoms with Crippen LogP contribution in [0.25, 0.3) is 0 Å². The van der Waals surface area contributed by atoms with Crippen molar-refractivity contribution in [2.45, 2.75) is 53.5 Å². The Kier molecular flexibility index (Phi) is 9.87. The minimum atomic E-state index is 0.573. The molecule has 1 heterocycles. The molecular weight excluding hydrogens is 306 g/mol. The highest BCUT2D eigenvalue weighted by Gasteiger charge is 2.06. The van der Waals surface area contributed by atoms with Crippen LogP contribution >= 0.6 is 11.3 Å². The van der Waals surface area contributed by atoms with Gasteiger partial charge in [-0.05, 0) is 33.7 Å². The SMILES string of the molecule is CCNC(=NCCN(CC)C(C)C)NCCc1ncc(CC)s1. The maximum absolute atomic E-state index is 4.67. The van der Waals surface area contributed by atoms with Crippen LogP contribution in [0, 0.1) is 0 Å². The molecule has 23 heavy (non-hydrogen) atoms. The van der Waals surface area contributed by atoms with E-state index in [0.29, 0.717) is 6.04 Å². The molecule has 1 aromatic heterocycles. The second kappa shape index (κ2) is 11.4. The first-order chi connectivity index (χ1) is 11.1. The molecule has 0 atom stereocenters. The smallest absolute Gasteiger partial charge is 0.191 e. The topological polar surface area (TPSA) is 52.6 Å². The molecule has 6 heteroatoms. The Morgan fingerprint density at radius 2 is 2.09 bits per heavy atom. The maximum Gasteiger partial charge on any atom is 0.191 e. The molecule has 5 nitrogen and oxygen atoms in total. The van der Waals surface area contributed by atoms with Crippen LogP contribution in [-0.2, 0) is 12.8 Å². The van der Waals surface area contributed by atoms with Crippen molar-refractivity contribution in [1.29, 1.82) is 0 Å². The van der Waals surface area contributed by atoms with Crippen molar-refractivity contribution in [2.24, 2.45) is 4.99 Å². The van der Waals surface area contributed by atoms with E-state index in [-0.39, 0.29) is 0 Å². The Morgan fingerprint density at radius 3 is 2.65 bits per heavy atom. The van der Waals surface area contributed by atoms with Crippen molar-refractivity contribution in [3.05, 3.63) is 16.1 Å². The summed E-state index contributed by atoms with van der Waals surface area (Å²) in [5, 5.41) is 7.91. The van der Waals surface area contributed by atoms with Crippen LogP contribution < -0.4 is 10.6 Å². The largest absolute Gasteiger partial charge is 0.357 e. The lowest BCUT2D eigenvalue weighted by Crippen LogP contribution is -2.39. The van der Waals surface area contributed by atoms with E-state index in [9.17, 15) is 0 Å². The number of guanidine groups is 1. The molecule has 1 rings (SSSR count). The molecule has 0 bridgehead atoms. The van der Waals surface area contributed by atoms with E-state index >= 15 is 0 Å². The van der Waals surface area contributed by atoms with Crippen molar-refractivity contribution in [1.82, 2.24) is 20.5 Å². The molecule has 132 valence electrons. The fraction of sp³-hybridized carbons (Fsp3) is 0.765. The summed E-state index contributed by atoms with van der Waals surface area (Å²) in [5.41, 5.74) is 0. The molecule has 0 saturated carbocycles. The first kappa shape index (κ1) is 19.9. The molecule has 0 aliphatic rings. The summed E-state index contributed by atoms with van der Waals surface area (Å²) in [6.45, 7) is 15.6. The summed E-state index contributed by atoms with van der Waals surface area (Å²) >= 11 is 1.81. The Labute approximate surface area is 145 Å². The molecule has 1 aromatic rings. The van der Waals surface area contributed by atoms with Crippen molar-refractivity contribution in [2.75, 3.05) is 32.7 Å². The van der Waals surface area contributed by atoms with Crippen LogP contribution in [0.5, 0.6) is 0 Å². The summed E-state index contributed by atoms with van der Waals surface area (Å²) in [4.78, 5) is 12.9. The normalized spacial score (nSPS) is 12.2. The average molecular weight is 340 g/mol. The van der Waals surface area contributed by atoms with E-state index in [0.717, 1.165) is 51.5 Å². The van der Waals surface area contributed by atoms with Gasteiger partial charge in [0.05, 0.1) is 11.6 Å². The Bertz CT molecular complexity index is 456. The van der Waals surface area contributed by atoms with Crippen molar-refractivity contribution in [3.8, 4) is 0 Å². The van der Waals surface area contributed by atoms with Crippen LogP contribution in [0.15, 0.2) is 11.2 Å². The molecule has 0 unspecified atom stereocenters. The fourth-order valence-electron chi connectivity index (χ4n) is 2.33. The molecule has 0 amide bonds. The number of aliphatic imine (C=N–C) groups is 1. The van der Waals surface area contributed by atoms with Crippen LogP contribution in [0.2, 0.25) is 0 Å². The van der Waals surface area contributed by atoms with E-state index in [4.69, 9.17) is 0 Å². The number of rotatable bonds is 10.